The Kier molecular flexibility index (Phi) is 5.74. The Hall–Kier alpha value is -5.97. The molecule has 7 aromatic carbocycles. The topological polar surface area (TPSA) is 25.4 Å². The van der Waals surface area contributed by atoms with Gasteiger partial charge in [0, 0.05) is 47.6 Å². The second-order valence-corrected chi connectivity index (χ2v) is 13.0. The average Bonchev–Trinajstić information content (AvgIpc) is 3.52. The second-order valence-electron chi connectivity index (χ2n) is 11.9. The summed E-state index contributed by atoms with van der Waals surface area (Å²) in [5.74, 6) is 1.72. The van der Waals surface area contributed by atoms with Crippen LogP contribution in [0.2, 0.25) is 0 Å². The number of nitrogens with zero attached hydrogens (tertiary/aromatic N) is 2. The maximum atomic E-state index is 6.23. The first-order chi connectivity index (χ1) is 23.3. The minimum atomic E-state index is 0.858. The Morgan fingerprint density at radius 3 is 1.94 bits per heavy atom. The van der Waals surface area contributed by atoms with Gasteiger partial charge >= 0.3 is 0 Å². The molecule has 0 radical (unpaired) electrons. The van der Waals surface area contributed by atoms with Crippen LogP contribution in [0.15, 0.2) is 158 Å². The van der Waals surface area contributed by atoms with Crippen molar-refractivity contribution in [2.45, 2.75) is 0 Å². The average molecular weight is 619 g/mol. The van der Waals surface area contributed by atoms with Crippen LogP contribution in [0.5, 0.6) is 11.5 Å². The van der Waals surface area contributed by atoms with E-state index in [9.17, 15) is 0 Å². The van der Waals surface area contributed by atoms with Gasteiger partial charge in [0.25, 0.3) is 0 Å². The second kappa shape index (κ2) is 10.3. The molecular formula is C43H26N2OS. The molecule has 0 N–H and O–H groups in total. The fraction of sp³-hybridized carbons (Fsp3) is 0. The highest BCUT2D eigenvalue weighted by Crippen LogP contribution is 2.50. The van der Waals surface area contributed by atoms with Gasteiger partial charge in [0.1, 0.15) is 0 Å². The van der Waals surface area contributed by atoms with Crippen LogP contribution in [0.1, 0.15) is 0 Å². The van der Waals surface area contributed by atoms with Gasteiger partial charge in [0.2, 0.25) is 0 Å². The van der Waals surface area contributed by atoms with E-state index in [1.54, 1.807) is 0 Å². The van der Waals surface area contributed by atoms with Crippen molar-refractivity contribution in [3.8, 4) is 33.9 Å². The van der Waals surface area contributed by atoms with Gasteiger partial charge in [-0.3, -0.25) is 0 Å². The quantitative estimate of drug-likeness (QED) is 0.184. The van der Waals surface area contributed by atoms with Crippen LogP contribution in [-0.4, -0.2) is 4.98 Å². The van der Waals surface area contributed by atoms with Crippen molar-refractivity contribution in [2.75, 3.05) is 4.90 Å². The number of anilines is 3. The van der Waals surface area contributed by atoms with E-state index in [4.69, 9.17) is 9.72 Å². The van der Waals surface area contributed by atoms with Crippen molar-refractivity contribution in [3.05, 3.63) is 158 Å². The molecule has 2 aromatic heterocycles. The van der Waals surface area contributed by atoms with Gasteiger partial charge in [-0.2, -0.15) is 0 Å². The van der Waals surface area contributed by atoms with Crippen LogP contribution in [0.4, 0.5) is 17.1 Å². The molecule has 0 unspecified atom stereocenters. The standard InChI is InChI=1S/C43H26N2OS/c1-2-10-28(11-3-1)42-33-24-23-31-34-26-29(20-25-40(34)47-43(31)41(33)32-12-4-5-13-35(32)44-42)27-18-21-30(22-19-27)45-36-14-6-8-16-38(36)46-39-17-9-7-15-37(39)45/h1-26H. The minimum Gasteiger partial charge on any atom is -0.453 e. The van der Waals surface area contributed by atoms with Gasteiger partial charge in [-0.15, -0.1) is 11.3 Å². The molecule has 9 aromatic rings. The number of thiophene rings is 1. The van der Waals surface area contributed by atoms with Gasteiger partial charge < -0.3 is 9.64 Å². The van der Waals surface area contributed by atoms with E-state index in [-0.39, 0.29) is 0 Å². The van der Waals surface area contributed by atoms with Gasteiger partial charge in [-0.25, -0.2) is 4.98 Å². The first kappa shape index (κ1) is 26.3. The first-order valence-corrected chi connectivity index (χ1v) is 16.6. The maximum absolute atomic E-state index is 6.23. The van der Waals surface area contributed by atoms with Crippen LogP contribution in [0, 0.1) is 0 Å². The molecular weight excluding hydrogens is 593 g/mol. The van der Waals surface area contributed by atoms with Crippen molar-refractivity contribution in [3.63, 3.8) is 0 Å². The molecule has 3 heterocycles. The summed E-state index contributed by atoms with van der Waals surface area (Å²) in [6.07, 6.45) is 0. The number of rotatable bonds is 3. The fourth-order valence-corrected chi connectivity index (χ4v) is 8.29. The highest BCUT2D eigenvalue weighted by atomic mass is 32.1. The Bertz CT molecular complexity index is 2610. The van der Waals surface area contributed by atoms with Crippen LogP contribution in [0.3, 0.4) is 0 Å². The molecule has 0 aliphatic carbocycles. The highest BCUT2D eigenvalue weighted by Gasteiger charge is 2.25. The minimum absolute atomic E-state index is 0.858. The van der Waals surface area contributed by atoms with E-state index < -0.39 is 0 Å². The van der Waals surface area contributed by atoms with Crippen LogP contribution < -0.4 is 9.64 Å². The van der Waals surface area contributed by atoms with Crippen molar-refractivity contribution < 1.29 is 4.74 Å². The van der Waals surface area contributed by atoms with Crippen molar-refractivity contribution >= 4 is 70.2 Å². The highest BCUT2D eigenvalue weighted by molar-refractivity contribution is 7.26. The summed E-state index contributed by atoms with van der Waals surface area (Å²) < 4.78 is 8.82. The van der Waals surface area contributed by atoms with Crippen LogP contribution in [-0.2, 0) is 0 Å². The molecule has 0 amide bonds. The van der Waals surface area contributed by atoms with E-state index >= 15 is 0 Å². The number of ether oxygens (including phenoxy) is 1. The molecule has 1 aliphatic rings. The summed E-state index contributed by atoms with van der Waals surface area (Å²) in [6, 6.07) is 55.8. The zero-order chi connectivity index (χ0) is 30.9. The Balaban J connectivity index is 1.11. The molecule has 4 heteroatoms. The lowest BCUT2D eigenvalue weighted by Crippen LogP contribution is -2.15. The molecule has 0 saturated heterocycles. The first-order valence-electron chi connectivity index (χ1n) is 15.8. The number of benzene rings is 7. The number of pyridine rings is 1. The van der Waals surface area contributed by atoms with Crippen molar-refractivity contribution in [2.24, 2.45) is 0 Å². The molecule has 0 bridgehead atoms. The summed E-state index contributed by atoms with van der Waals surface area (Å²) in [6.45, 7) is 0. The van der Waals surface area contributed by atoms with Crippen molar-refractivity contribution in [1.29, 1.82) is 0 Å². The van der Waals surface area contributed by atoms with Gasteiger partial charge in [-0.1, -0.05) is 103 Å². The molecule has 0 atom stereocenters. The third-order valence-corrected chi connectivity index (χ3v) is 10.4. The smallest absolute Gasteiger partial charge is 0.151 e. The predicted molar refractivity (Wildman–Crippen MR) is 198 cm³/mol. The number of aromatic nitrogens is 1. The number of hydrogen-bond donors (Lipinski definition) is 0. The van der Waals surface area contributed by atoms with Gasteiger partial charge in [0.15, 0.2) is 11.5 Å². The monoisotopic (exact) mass is 618 g/mol. The zero-order valence-corrected chi connectivity index (χ0v) is 26.0. The van der Waals surface area contributed by atoms with Crippen LogP contribution >= 0.6 is 11.3 Å². The summed E-state index contributed by atoms with van der Waals surface area (Å²) in [7, 11) is 0. The third kappa shape index (κ3) is 4.09. The van der Waals surface area contributed by atoms with E-state index in [2.05, 4.69) is 138 Å². The van der Waals surface area contributed by atoms with E-state index in [1.807, 2.05) is 35.6 Å². The molecule has 10 rings (SSSR count). The molecule has 0 saturated carbocycles. The number of fused-ring (bicyclic) bond motifs is 9. The Morgan fingerprint density at radius 1 is 0.489 bits per heavy atom. The van der Waals surface area contributed by atoms with Gasteiger partial charge in [-0.05, 0) is 65.7 Å². The summed E-state index contributed by atoms with van der Waals surface area (Å²) in [5, 5.41) is 6.24. The lowest BCUT2D eigenvalue weighted by Gasteiger charge is -2.32. The fourth-order valence-electron chi connectivity index (χ4n) is 7.05. The third-order valence-electron chi connectivity index (χ3n) is 9.24. The molecule has 220 valence electrons. The predicted octanol–water partition coefficient (Wildman–Crippen LogP) is 12.7. The van der Waals surface area contributed by atoms with E-state index in [0.29, 0.717) is 0 Å². The van der Waals surface area contributed by atoms with Gasteiger partial charge in [0.05, 0.1) is 22.6 Å². The van der Waals surface area contributed by atoms with E-state index in [1.165, 1.54) is 47.5 Å². The number of hydrogen-bond acceptors (Lipinski definition) is 4. The van der Waals surface area contributed by atoms with Crippen LogP contribution in [0.25, 0.3) is 64.2 Å². The lowest BCUT2D eigenvalue weighted by molar-refractivity contribution is 0.477. The Labute approximate surface area is 275 Å². The molecule has 1 aliphatic heterocycles. The maximum Gasteiger partial charge on any atom is 0.151 e. The SMILES string of the molecule is c1ccc(-c2nc3ccccc3c3c2ccc2c4cc(-c5ccc(N6c7ccccc7Oc7ccccc76)cc5)ccc4sc23)cc1. The molecule has 3 nitrogen and oxygen atoms in total. The van der Waals surface area contributed by atoms with Crippen molar-refractivity contribution in [1.82, 2.24) is 4.98 Å². The summed E-state index contributed by atoms with van der Waals surface area (Å²) in [5.41, 5.74) is 8.76. The van der Waals surface area contributed by atoms with E-state index in [0.717, 1.165) is 45.3 Å². The molecule has 0 spiro atoms. The molecule has 0 fully saturated rings. The summed E-state index contributed by atoms with van der Waals surface area (Å²) in [4.78, 5) is 7.43. The summed E-state index contributed by atoms with van der Waals surface area (Å²) >= 11 is 1.88. The molecule has 47 heavy (non-hydrogen) atoms. The number of para-hydroxylation sites is 5. The largest absolute Gasteiger partial charge is 0.453 e. The Morgan fingerprint density at radius 2 is 1.15 bits per heavy atom. The normalized spacial score (nSPS) is 12.4. The zero-order valence-electron chi connectivity index (χ0n) is 25.2. The lowest BCUT2D eigenvalue weighted by atomic mass is 9.97.